The van der Waals surface area contributed by atoms with Crippen molar-refractivity contribution in [1.82, 2.24) is 0 Å². The fourth-order valence-corrected chi connectivity index (χ4v) is 5.77. The van der Waals surface area contributed by atoms with Crippen LogP contribution in [0.2, 0.25) is 13.1 Å². The van der Waals surface area contributed by atoms with Gasteiger partial charge in [-0.1, -0.05) is 90.9 Å². The molecule has 3 heteroatoms. The van der Waals surface area contributed by atoms with E-state index in [1.165, 1.54) is 89.9 Å². The van der Waals surface area contributed by atoms with Gasteiger partial charge in [-0.2, -0.15) is 0 Å². The van der Waals surface area contributed by atoms with Gasteiger partial charge in [0.25, 0.3) is 0 Å². The Labute approximate surface area is 160 Å². The van der Waals surface area contributed by atoms with Crippen molar-refractivity contribution in [2.24, 2.45) is 0 Å². The van der Waals surface area contributed by atoms with Crippen molar-refractivity contribution >= 4 is 8.56 Å². The normalized spacial score (nSPS) is 14.6. The maximum absolute atomic E-state index is 6.31. The summed E-state index contributed by atoms with van der Waals surface area (Å²) in [6.45, 7) is 13.4. The van der Waals surface area contributed by atoms with Gasteiger partial charge in [0, 0.05) is 12.2 Å². The van der Waals surface area contributed by atoms with Gasteiger partial charge in [-0.05, 0) is 39.8 Å². The molecule has 0 bridgehead atoms. The number of hydrogen-bond acceptors (Lipinski definition) is 2. The quantitative estimate of drug-likeness (QED) is 0.179. The van der Waals surface area contributed by atoms with Crippen molar-refractivity contribution < 1.29 is 8.85 Å². The third-order valence-corrected chi connectivity index (χ3v) is 6.84. The van der Waals surface area contributed by atoms with Crippen molar-refractivity contribution in [2.45, 2.75) is 143 Å². The van der Waals surface area contributed by atoms with Crippen LogP contribution in [0.4, 0.5) is 0 Å². The van der Waals surface area contributed by atoms with Crippen molar-refractivity contribution in [1.29, 1.82) is 0 Å². The molecule has 0 aliphatic carbocycles. The lowest BCUT2D eigenvalue weighted by Crippen LogP contribution is -2.41. The molecule has 0 aromatic carbocycles. The van der Waals surface area contributed by atoms with Gasteiger partial charge in [0.2, 0.25) is 0 Å². The Kier molecular flexibility index (Phi) is 16.4. The zero-order valence-corrected chi connectivity index (χ0v) is 19.4. The average Bonchev–Trinajstić information content (AvgIpc) is 2.53. The number of hydrogen-bond donors (Lipinski definition) is 0. The summed E-state index contributed by atoms with van der Waals surface area (Å²) in [6, 6.07) is 0. The van der Waals surface area contributed by atoms with Crippen LogP contribution >= 0.6 is 0 Å². The molecule has 0 aliphatic rings. The van der Waals surface area contributed by atoms with Gasteiger partial charge >= 0.3 is 8.56 Å². The highest BCUT2D eigenvalue weighted by Crippen LogP contribution is 2.19. The highest BCUT2D eigenvalue weighted by atomic mass is 28.4. The zero-order chi connectivity index (χ0) is 19.0. The highest BCUT2D eigenvalue weighted by Gasteiger charge is 2.29. The lowest BCUT2D eigenvalue weighted by atomic mass is 10.1. The molecule has 0 aromatic heterocycles. The lowest BCUT2D eigenvalue weighted by molar-refractivity contribution is 0.0895. The van der Waals surface area contributed by atoms with Crippen LogP contribution < -0.4 is 0 Å². The van der Waals surface area contributed by atoms with Crippen molar-refractivity contribution in [3.8, 4) is 0 Å². The minimum Gasteiger partial charge on any atom is -0.392 e. The smallest absolute Gasteiger partial charge is 0.332 e. The van der Waals surface area contributed by atoms with E-state index in [1.54, 1.807) is 0 Å². The lowest BCUT2D eigenvalue weighted by Gasteiger charge is -2.30. The minimum absolute atomic E-state index is 0.342. The summed E-state index contributed by atoms with van der Waals surface area (Å²) >= 11 is 0. The Morgan fingerprint density at radius 3 is 1.24 bits per heavy atom. The van der Waals surface area contributed by atoms with Crippen LogP contribution in [-0.2, 0) is 8.85 Å². The van der Waals surface area contributed by atoms with Crippen LogP contribution in [0.1, 0.15) is 118 Å². The van der Waals surface area contributed by atoms with Gasteiger partial charge in [0.15, 0.2) is 0 Å². The Hall–Kier alpha value is 0.137. The molecule has 0 radical (unpaired) electrons. The third kappa shape index (κ3) is 17.3. The summed E-state index contributed by atoms with van der Waals surface area (Å²) < 4.78 is 12.6. The zero-order valence-electron chi connectivity index (χ0n) is 18.4. The van der Waals surface area contributed by atoms with Crippen molar-refractivity contribution in [3.63, 3.8) is 0 Å². The Morgan fingerprint density at radius 1 is 0.560 bits per heavy atom. The van der Waals surface area contributed by atoms with Crippen LogP contribution in [0.15, 0.2) is 0 Å². The largest absolute Gasteiger partial charge is 0.392 e. The Morgan fingerprint density at radius 2 is 0.880 bits per heavy atom. The summed E-state index contributed by atoms with van der Waals surface area (Å²) in [6.07, 6.45) is 19.3. The van der Waals surface area contributed by atoms with Gasteiger partial charge in [-0.15, -0.1) is 0 Å². The maximum atomic E-state index is 6.31. The van der Waals surface area contributed by atoms with E-state index in [4.69, 9.17) is 8.85 Å². The molecule has 0 saturated heterocycles. The second-order valence-corrected chi connectivity index (χ2v) is 11.6. The first kappa shape index (κ1) is 25.1. The molecule has 152 valence electrons. The summed E-state index contributed by atoms with van der Waals surface area (Å²) in [5.74, 6) is 0. The molecule has 0 aliphatic heterocycles. The van der Waals surface area contributed by atoms with Crippen LogP contribution in [0.25, 0.3) is 0 Å². The predicted molar refractivity (Wildman–Crippen MR) is 115 cm³/mol. The fraction of sp³-hybridized carbons (Fsp3) is 1.00. The molecule has 0 spiro atoms. The molecule has 0 N–H and O–H groups in total. The van der Waals surface area contributed by atoms with Gasteiger partial charge in [-0.3, -0.25) is 0 Å². The van der Waals surface area contributed by atoms with E-state index in [0.29, 0.717) is 12.2 Å². The summed E-state index contributed by atoms with van der Waals surface area (Å²) in [7, 11) is -1.99. The van der Waals surface area contributed by atoms with Gasteiger partial charge in [0.05, 0.1) is 0 Å². The second kappa shape index (κ2) is 16.3. The molecule has 2 atom stereocenters. The monoisotopic (exact) mass is 372 g/mol. The SMILES string of the molecule is CCCCCCCCC(C)O[Si](C)(C)OC(C)CCCCCCCC. The first-order chi connectivity index (χ1) is 11.9. The van der Waals surface area contributed by atoms with E-state index in [9.17, 15) is 0 Å². The van der Waals surface area contributed by atoms with E-state index in [1.807, 2.05) is 0 Å². The van der Waals surface area contributed by atoms with E-state index < -0.39 is 8.56 Å². The van der Waals surface area contributed by atoms with Gasteiger partial charge in [0.1, 0.15) is 0 Å². The first-order valence-corrected chi connectivity index (χ1v) is 14.1. The molecular weight excluding hydrogens is 324 g/mol. The number of unbranched alkanes of at least 4 members (excludes halogenated alkanes) is 10. The topological polar surface area (TPSA) is 18.5 Å². The van der Waals surface area contributed by atoms with Crippen molar-refractivity contribution in [3.05, 3.63) is 0 Å². The first-order valence-electron chi connectivity index (χ1n) is 11.3. The molecule has 0 fully saturated rings. The van der Waals surface area contributed by atoms with E-state index in [2.05, 4.69) is 40.8 Å². The van der Waals surface area contributed by atoms with Crippen LogP contribution in [0, 0.1) is 0 Å². The van der Waals surface area contributed by atoms with Crippen molar-refractivity contribution in [2.75, 3.05) is 0 Å². The molecular formula is C22H48O2Si. The van der Waals surface area contributed by atoms with E-state index in [-0.39, 0.29) is 0 Å². The molecule has 0 heterocycles. The van der Waals surface area contributed by atoms with Gasteiger partial charge < -0.3 is 8.85 Å². The average molecular weight is 373 g/mol. The second-order valence-electron chi connectivity index (χ2n) is 8.37. The summed E-state index contributed by atoms with van der Waals surface area (Å²) in [4.78, 5) is 0. The molecule has 0 amide bonds. The highest BCUT2D eigenvalue weighted by molar-refractivity contribution is 6.64. The minimum atomic E-state index is -1.99. The third-order valence-electron chi connectivity index (χ3n) is 4.90. The maximum Gasteiger partial charge on any atom is 0.332 e. The predicted octanol–water partition coefficient (Wildman–Crippen LogP) is 8.00. The van der Waals surface area contributed by atoms with Crippen LogP contribution in [-0.4, -0.2) is 20.8 Å². The fourth-order valence-electron chi connectivity index (χ4n) is 3.54. The van der Waals surface area contributed by atoms with Gasteiger partial charge in [-0.25, -0.2) is 0 Å². The van der Waals surface area contributed by atoms with E-state index in [0.717, 1.165) is 0 Å². The van der Waals surface area contributed by atoms with Crippen LogP contribution in [0.5, 0.6) is 0 Å². The Bertz CT molecular complexity index is 255. The molecule has 0 aromatic rings. The molecule has 0 rings (SSSR count). The molecule has 25 heavy (non-hydrogen) atoms. The summed E-state index contributed by atoms with van der Waals surface area (Å²) in [5, 5.41) is 0. The molecule has 0 saturated carbocycles. The van der Waals surface area contributed by atoms with E-state index >= 15 is 0 Å². The molecule has 2 nitrogen and oxygen atoms in total. The van der Waals surface area contributed by atoms with Crippen LogP contribution in [0.3, 0.4) is 0 Å². The summed E-state index contributed by atoms with van der Waals surface area (Å²) in [5.41, 5.74) is 0. The Balaban J connectivity index is 3.75. The standard InChI is InChI=1S/C22H48O2Si/c1-7-9-11-13-15-17-19-21(3)23-25(5,6)24-22(4)20-18-16-14-12-10-8-2/h21-22H,7-20H2,1-6H3. The number of rotatable bonds is 18. The molecule has 2 unspecified atom stereocenters.